The van der Waals surface area contributed by atoms with Crippen LogP contribution in [0.1, 0.15) is 12.0 Å². The van der Waals surface area contributed by atoms with Crippen LogP contribution in [-0.4, -0.2) is 18.1 Å². The van der Waals surface area contributed by atoms with Gasteiger partial charge in [-0.1, -0.05) is 11.6 Å². The van der Waals surface area contributed by atoms with Crippen LogP contribution in [0.4, 0.5) is 5.69 Å². The summed E-state index contributed by atoms with van der Waals surface area (Å²) in [7, 11) is 0. The van der Waals surface area contributed by atoms with E-state index in [2.05, 4.69) is 11.4 Å². The Balaban J connectivity index is 2.00. The molecule has 4 heteroatoms. The summed E-state index contributed by atoms with van der Waals surface area (Å²) in [6.45, 7) is 0.946. The number of rotatable bonds is 3. The molecule has 0 radical (unpaired) electrons. The number of halogens is 1. The van der Waals surface area contributed by atoms with Crippen LogP contribution in [0.2, 0.25) is 5.02 Å². The van der Waals surface area contributed by atoms with Crippen LogP contribution in [-0.2, 0) is 0 Å². The Morgan fingerprint density at radius 2 is 2.44 bits per heavy atom. The molecular formula is C12H13ClN2S. The minimum atomic E-state index is 0.646. The Kier molecular flexibility index (Phi) is 3.98. The van der Waals surface area contributed by atoms with E-state index in [1.165, 1.54) is 17.9 Å². The number of benzene rings is 1. The zero-order valence-electron chi connectivity index (χ0n) is 8.87. The molecule has 2 rings (SSSR count). The first-order valence-corrected chi connectivity index (χ1v) is 6.84. The highest BCUT2D eigenvalue weighted by atomic mass is 35.5. The summed E-state index contributed by atoms with van der Waals surface area (Å²) in [5.74, 6) is 3.22. The Morgan fingerprint density at radius 3 is 3.12 bits per heavy atom. The van der Waals surface area contributed by atoms with Gasteiger partial charge < -0.3 is 5.32 Å². The fourth-order valence-corrected chi connectivity index (χ4v) is 3.20. The molecule has 1 atom stereocenters. The highest BCUT2D eigenvalue weighted by molar-refractivity contribution is 7.99. The van der Waals surface area contributed by atoms with Crippen molar-refractivity contribution in [3.05, 3.63) is 28.8 Å². The summed E-state index contributed by atoms with van der Waals surface area (Å²) in [5, 5.41) is 12.8. The molecule has 1 aliphatic rings. The van der Waals surface area contributed by atoms with Gasteiger partial charge in [-0.3, -0.25) is 0 Å². The van der Waals surface area contributed by atoms with Gasteiger partial charge in [-0.05, 0) is 42.0 Å². The molecule has 1 aromatic carbocycles. The minimum absolute atomic E-state index is 0.646. The molecule has 1 heterocycles. The van der Waals surface area contributed by atoms with Crippen molar-refractivity contribution < 1.29 is 0 Å². The van der Waals surface area contributed by atoms with Gasteiger partial charge in [0.05, 0.1) is 22.3 Å². The van der Waals surface area contributed by atoms with Crippen molar-refractivity contribution >= 4 is 29.1 Å². The maximum Gasteiger partial charge on any atom is 0.0992 e. The van der Waals surface area contributed by atoms with Gasteiger partial charge in [0.25, 0.3) is 0 Å². The Morgan fingerprint density at radius 1 is 1.56 bits per heavy atom. The van der Waals surface area contributed by atoms with Crippen LogP contribution in [0.3, 0.4) is 0 Å². The first-order chi connectivity index (χ1) is 7.79. The zero-order valence-corrected chi connectivity index (χ0v) is 10.4. The molecule has 16 heavy (non-hydrogen) atoms. The van der Waals surface area contributed by atoms with Crippen molar-refractivity contribution in [3.63, 3.8) is 0 Å². The molecule has 0 aliphatic carbocycles. The lowest BCUT2D eigenvalue weighted by molar-refractivity contribution is 0.632. The molecule has 1 N–H and O–H groups in total. The van der Waals surface area contributed by atoms with Gasteiger partial charge in [-0.15, -0.1) is 0 Å². The normalized spacial score (nSPS) is 19.4. The van der Waals surface area contributed by atoms with Crippen molar-refractivity contribution in [1.82, 2.24) is 0 Å². The number of nitriles is 1. The average molecular weight is 253 g/mol. The average Bonchev–Trinajstić information content (AvgIpc) is 2.81. The number of nitrogens with zero attached hydrogens (tertiary/aromatic N) is 1. The maximum atomic E-state index is 8.81. The SMILES string of the molecule is N#Cc1ccc(Cl)c(NCC2CCSC2)c1. The van der Waals surface area contributed by atoms with Gasteiger partial charge in [0, 0.05) is 6.54 Å². The van der Waals surface area contributed by atoms with E-state index in [1.54, 1.807) is 12.1 Å². The molecule has 84 valence electrons. The van der Waals surface area contributed by atoms with Crippen molar-refractivity contribution in [3.8, 4) is 6.07 Å². The third kappa shape index (κ3) is 2.84. The number of hydrogen-bond donors (Lipinski definition) is 1. The van der Waals surface area contributed by atoms with E-state index in [0.29, 0.717) is 10.6 Å². The molecule has 0 spiro atoms. The fourth-order valence-electron chi connectivity index (χ4n) is 1.73. The number of thioether (sulfide) groups is 1. The predicted molar refractivity (Wildman–Crippen MR) is 70.1 cm³/mol. The molecule has 1 saturated heterocycles. The van der Waals surface area contributed by atoms with E-state index in [9.17, 15) is 0 Å². The van der Waals surface area contributed by atoms with Crippen LogP contribution >= 0.6 is 23.4 Å². The number of hydrogen-bond acceptors (Lipinski definition) is 3. The summed E-state index contributed by atoms with van der Waals surface area (Å²) in [6, 6.07) is 7.43. The van der Waals surface area contributed by atoms with E-state index in [0.717, 1.165) is 18.2 Å². The Bertz CT molecular complexity index is 408. The second kappa shape index (κ2) is 5.47. The monoisotopic (exact) mass is 252 g/mol. The van der Waals surface area contributed by atoms with E-state index < -0.39 is 0 Å². The fraction of sp³-hybridized carbons (Fsp3) is 0.417. The second-order valence-electron chi connectivity index (χ2n) is 3.92. The lowest BCUT2D eigenvalue weighted by atomic mass is 10.1. The number of nitrogens with one attached hydrogen (secondary N) is 1. The third-order valence-corrected chi connectivity index (χ3v) is 4.26. The van der Waals surface area contributed by atoms with Gasteiger partial charge in [-0.2, -0.15) is 17.0 Å². The number of anilines is 1. The van der Waals surface area contributed by atoms with Crippen molar-refractivity contribution in [2.45, 2.75) is 6.42 Å². The maximum absolute atomic E-state index is 8.81. The first-order valence-electron chi connectivity index (χ1n) is 5.31. The van der Waals surface area contributed by atoms with Crippen molar-refractivity contribution in [2.24, 2.45) is 5.92 Å². The van der Waals surface area contributed by atoms with E-state index in [-0.39, 0.29) is 0 Å². The van der Waals surface area contributed by atoms with E-state index in [1.807, 2.05) is 17.8 Å². The third-order valence-electron chi connectivity index (χ3n) is 2.70. The Labute approximate surface area is 105 Å². The first kappa shape index (κ1) is 11.6. The minimum Gasteiger partial charge on any atom is -0.383 e. The summed E-state index contributed by atoms with van der Waals surface area (Å²) >= 11 is 8.07. The summed E-state index contributed by atoms with van der Waals surface area (Å²) < 4.78 is 0. The summed E-state index contributed by atoms with van der Waals surface area (Å²) in [4.78, 5) is 0. The largest absolute Gasteiger partial charge is 0.383 e. The van der Waals surface area contributed by atoms with Crippen LogP contribution in [0, 0.1) is 17.2 Å². The second-order valence-corrected chi connectivity index (χ2v) is 5.47. The standard InChI is InChI=1S/C12H13ClN2S/c13-11-2-1-9(6-14)5-12(11)15-7-10-3-4-16-8-10/h1-2,5,10,15H,3-4,7-8H2. The van der Waals surface area contributed by atoms with Crippen LogP contribution < -0.4 is 5.32 Å². The smallest absolute Gasteiger partial charge is 0.0992 e. The molecule has 1 fully saturated rings. The van der Waals surface area contributed by atoms with Gasteiger partial charge >= 0.3 is 0 Å². The Hall–Kier alpha value is -0.850. The lowest BCUT2D eigenvalue weighted by Gasteiger charge is -2.12. The van der Waals surface area contributed by atoms with Gasteiger partial charge in [0.1, 0.15) is 0 Å². The van der Waals surface area contributed by atoms with Crippen molar-refractivity contribution in [1.29, 1.82) is 5.26 Å². The molecular weight excluding hydrogens is 240 g/mol. The molecule has 1 aliphatic heterocycles. The predicted octanol–water partition coefficient (Wildman–Crippen LogP) is 3.38. The topological polar surface area (TPSA) is 35.8 Å². The lowest BCUT2D eigenvalue weighted by Crippen LogP contribution is -2.13. The highest BCUT2D eigenvalue weighted by Gasteiger charge is 2.15. The summed E-state index contributed by atoms with van der Waals surface area (Å²) in [5.41, 5.74) is 1.52. The molecule has 1 aromatic rings. The van der Waals surface area contributed by atoms with Gasteiger partial charge in [-0.25, -0.2) is 0 Å². The van der Waals surface area contributed by atoms with Crippen molar-refractivity contribution in [2.75, 3.05) is 23.4 Å². The van der Waals surface area contributed by atoms with E-state index >= 15 is 0 Å². The van der Waals surface area contributed by atoms with E-state index in [4.69, 9.17) is 16.9 Å². The summed E-state index contributed by atoms with van der Waals surface area (Å²) in [6.07, 6.45) is 1.27. The molecule has 0 amide bonds. The van der Waals surface area contributed by atoms with Gasteiger partial charge in [0.2, 0.25) is 0 Å². The molecule has 0 saturated carbocycles. The molecule has 0 aromatic heterocycles. The van der Waals surface area contributed by atoms with Gasteiger partial charge in [0.15, 0.2) is 0 Å². The zero-order chi connectivity index (χ0) is 11.4. The van der Waals surface area contributed by atoms with Crippen LogP contribution in [0.5, 0.6) is 0 Å². The van der Waals surface area contributed by atoms with Crippen LogP contribution in [0.25, 0.3) is 0 Å². The quantitative estimate of drug-likeness (QED) is 0.896. The highest BCUT2D eigenvalue weighted by Crippen LogP contribution is 2.26. The van der Waals surface area contributed by atoms with Crippen LogP contribution in [0.15, 0.2) is 18.2 Å². The molecule has 2 nitrogen and oxygen atoms in total. The molecule has 1 unspecified atom stereocenters. The molecule has 0 bridgehead atoms.